The minimum absolute atomic E-state index is 0.0774. The first-order valence-corrected chi connectivity index (χ1v) is 27.7. The van der Waals surface area contributed by atoms with Crippen molar-refractivity contribution in [1.82, 2.24) is 50.1 Å². The highest BCUT2D eigenvalue weighted by atomic mass is 16.5. The fourth-order valence-corrected chi connectivity index (χ4v) is 10.5. The zero-order valence-corrected chi connectivity index (χ0v) is 47.3. The largest absolute Gasteiger partial charge is 0.495 e. The standard InChI is InChI=1S/C31H34N6O5.C30H32N6O5/c1-17-33-23-11-9-18(13-25(23)41-17)21-15-32-27-26(21)29(42-20-7-5-6-8-20)36-30(35-27)34-22-12-10-19(14-24(22)40-4)28(39)37-31(2,3)16-38;1-17-32-23-10-8-18(14-25(23)40-17)21-16-31-27-26(21)28(41-20-6-4-5-7-20)35-30(34-27)33-22-11-9-19(15-24(22)39-3)29(38)36(2)12-13-37/h9-15,20,38H,5-8,16H2,1-4H3,(H,37,39)(H2,32,34,35,36);8-11,14-16,20,37H,4-7,12-13H2,1-3H3,(H2,31,33,34,35). The number of aromatic nitrogens is 8. The lowest BCUT2D eigenvalue weighted by Gasteiger charge is -2.23. The maximum Gasteiger partial charge on any atom is 0.253 e. The van der Waals surface area contributed by atoms with Gasteiger partial charge in [0.05, 0.1) is 55.1 Å². The maximum atomic E-state index is 12.8. The summed E-state index contributed by atoms with van der Waals surface area (Å²) in [6.45, 7) is 7.09. The minimum atomic E-state index is -0.755. The van der Waals surface area contributed by atoms with Crippen LogP contribution in [0.3, 0.4) is 0 Å². The van der Waals surface area contributed by atoms with E-state index in [0.29, 0.717) is 91.9 Å². The molecule has 0 saturated heterocycles. The molecule has 2 amide bonds. The highest BCUT2D eigenvalue weighted by Crippen LogP contribution is 2.41. The van der Waals surface area contributed by atoms with E-state index in [1.165, 1.54) is 19.1 Å². The van der Waals surface area contributed by atoms with Gasteiger partial charge in [0.15, 0.2) is 22.9 Å². The van der Waals surface area contributed by atoms with Gasteiger partial charge in [-0.2, -0.15) is 19.9 Å². The number of nitrogens with one attached hydrogen (secondary N) is 5. The molecule has 0 radical (unpaired) electrons. The number of aliphatic hydroxyl groups is 2. The molecule has 6 heterocycles. The number of oxazole rings is 2. The Kier molecular flexibility index (Phi) is 15.9. The van der Waals surface area contributed by atoms with Gasteiger partial charge < -0.3 is 68.8 Å². The minimum Gasteiger partial charge on any atom is -0.495 e. The summed E-state index contributed by atoms with van der Waals surface area (Å²) in [7, 11) is 4.71. The van der Waals surface area contributed by atoms with Crippen LogP contribution in [0.2, 0.25) is 0 Å². The second-order valence-electron chi connectivity index (χ2n) is 21.5. The number of H-pyrrole nitrogens is 2. The van der Waals surface area contributed by atoms with Gasteiger partial charge in [0.2, 0.25) is 23.7 Å². The number of carbonyl (C=O) groups is 2. The summed E-state index contributed by atoms with van der Waals surface area (Å²) < 4.78 is 35.7. The molecule has 0 unspecified atom stereocenters. The number of benzene rings is 4. The molecule has 4 aromatic carbocycles. The molecule has 0 spiro atoms. The molecule has 2 aliphatic rings. The zero-order valence-electron chi connectivity index (χ0n) is 47.3. The fraction of sp³-hybridized carbons (Fsp3) is 0.344. The van der Waals surface area contributed by atoms with Crippen LogP contribution in [0.25, 0.3) is 66.5 Å². The van der Waals surface area contributed by atoms with Crippen molar-refractivity contribution in [2.24, 2.45) is 0 Å². The number of hydrogen-bond donors (Lipinski definition) is 7. The topological polar surface area (TPSA) is 286 Å². The van der Waals surface area contributed by atoms with E-state index in [-0.39, 0.29) is 43.8 Å². The predicted molar refractivity (Wildman–Crippen MR) is 314 cm³/mol. The molecule has 2 fully saturated rings. The van der Waals surface area contributed by atoms with Gasteiger partial charge in [-0.25, -0.2) is 9.97 Å². The zero-order chi connectivity index (χ0) is 57.9. The molecular weight excluding hydrogens is 1060 g/mol. The van der Waals surface area contributed by atoms with Gasteiger partial charge in [-0.3, -0.25) is 9.59 Å². The third-order valence-corrected chi connectivity index (χ3v) is 14.8. The average molecular weight is 1130 g/mol. The van der Waals surface area contributed by atoms with Crippen molar-refractivity contribution in [3.8, 4) is 45.5 Å². The molecule has 6 aromatic heterocycles. The van der Waals surface area contributed by atoms with Gasteiger partial charge in [0.25, 0.3) is 11.8 Å². The first kappa shape index (κ1) is 55.6. The first-order chi connectivity index (χ1) is 40.2. The van der Waals surface area contributed by atoms with Crippen molar-refractivity contribution in [1.29, 1.82) is 0 Å². The third kappa shape index (κ3) is 12.1. The number of fused-ring (bicyclic) bond motifs is 4. The quantitative estimate of drug-likeness (QED) is 0.0420. The lowest BCUT2D eigenvalue weighted by atomic mass is 10.1. The molecule has 430 valence electrons. The van der Waals surface area contributed by atoms with E-state index in [1.54, 1.807) is 57.3 Å². The van der Waals surface area contributed by atoms with E-state index in [2.05, 4.69) is 35.9 Å². The van der Waals surface area contributed by atoms with Crippen LogP contribution in [0.5, 0.6) is 23.3 Å². The van der Waals surface area contributed by atoms with E-state index in [9.17, 15) is 19.8 Å². The fourth-order valence-electron chi connectivity index (χ4n) is 10.5. The smallest absolute Gasteiger partial charge is 0.253 e. The normalized spacial score (nSPS) is 13.8. The van der Waals surface area contributed by atoms with Crippen molar-refractivity contribution in [2.45, 2.75) is 96.8 Å². The number of rotatable bonds is 18. The molecule has 0 atom stereocenters. The number of methoxy groups -OCH3 is 2. The van der Waals surface area contributed by atoms with Crippen molar-refractivity contribution in [2.75, 3.05) is 51.7 Å². The van der Waals surface area contributed by atoms with Gasteiger partial charge in [-0.15, -0.1) is 0 Å². The summed E-state index contributed by atoms with van der Waals surface area (Å²) >= 11 is 0. The van der Waals surface area contributed by atoms with Crippen molar-refractivity contribution >= 4 is 79.4 Å². The Morgan fingerprint density at radius 2 is 1.12 bits per heavy atom. The van der Waals surface area contributed by atoms with Crippen LogP contribution in [0, 0.1) is 13.8 Å². The van der Waals surface area contributed by atoms with Crippen LogP contribution in [-0.2, 0) is 0 Å². The monoisotopic (exact) mass is 1130 g/mol. The SMILES string of the molecule is COc1cc(C(=O)N(C)CCO)ccc1Nc1nc(OC2CCCC2)c2c(-c3ccc4nc(C)oc4c3)c[nH]c2n1.COc1cc(C(=O)NC(C)(C)CO)ccc1Nc1nc(OC2CCCC2)c2c(-c3ccc4nc(C)oc4c3)c[nH]c2n1. The predicted octanol–water partition coefficient (Wildman–Crippen LogP) is 10.9. The van der Waals surface area contributed by atoms with Crippen molar-refractivity contribution in [3.63, 3.8) is 0 Å². The number of aromatic amines is 2. The molecule has 2 aliphatic carbocycles. The summed E-state index contributed by atoms with van der Waals surface area (Å²) in [5.74, 6) is 3.22. The molecule has 0 bridgehead atoms. The molecule has 7 N–H and O–H groups in total. The number of hydrogen-bond acceptors (Lipinski definition) is 18. The lowest BCUT2D eigenvalue weighted by molar-refractivity contribution is 0.0766. The van der Waals surface area contributed by atoms with Crippen molar-refractivity contribution < 1.29 is 47.6 Å². The first-order valence-electron chi connectivity index (χ1n) is 27.7. The van der Waals surface area contributed by atoms with Crippen LogP contribution >= 0.6 is 0 Å². The van der Waals surface area contributed by atoms with Crippen LogP contribution in [0.1, 0.15) is 97.7 Å². The second-order valence-corrected chi connectivity index (χ2v) is 21.5. The molecule has 22 heteroatoms. The number of amides is 2. The molecule has 10 aromatic rings. The Balaban J connectivity index is 0.000000174. The summed E-state index contributed by atoms with van der Waals surface area (Å²) in [6, 6.07) is 22.0. The average Bonchev–Trinajstić information content (AvgIpc) is 4.44. The number of nitrogens with zero attached hydrogens (tertiary/aromatic N) is 7. The lowest BCUT2D eigenvalue weighted by Crippen LogP contribution is -2.46. The Labute approximate surface area is 477 Å². The van der Waals surface area contributed by atoms with Crippen LogP contribution in [0.15, 0.2) is 94.0 Å². The van der Waals surface area contributed by atoms with E-state index in [1.807, 2.05) is 62.6 Å². The third-order valence-electron chi connectivity index (χ3n) is 14.8. The highest BCUT2D eigenvalue weighted by molar-refractivity contribution is 6.01. The van der Waals surface area contributed by atoms with Crippen LogP contribution in [-0.4, -0.2) is 126 Å². The molecule has 83 heavy (non-hydrogen) atoms. The van der Waals surface area contributed by atoms with E-state index in [0.717, 1.165) is 95.4 Å². The summed E-state index contributed by atoms with van der Waals surface area (Å²) in [5.41, 5.74) is 9.21. The van der Waals surface area contributed by atoms with Gasteiger partial charge in [0.1, 0.15) is 46.0 Å². The van der Waals surface area contributed by atoms with Crippen LogP contribution < -0.4 is 34.9 Å². The van der Waals surface area contributed by atoms with Gasteiger partial charge in [-0.1, -0.05) is 12.1 Å². The van der Waals surface area contributed by atoms with Gasteiger partial charge in [-0.05, 0) is 137 Å². The van der Waals surface area contributed by atoms with E-state index >= 15 is 0 Å². The second kappa shape index (κ2) is 23.7. The number of likely N-dealkylation sites (N-methyl/N-ethyl adjacent to an activating group) is 1. The summed E-state index contributed by atoms with van der Waals surface area (Å²) in [4.78, 5) is 61.4. The van der Waals surface area contributed by atoms with Crippen molar-refractivity contribution in [3.05, 3.63) is 108 Å². The number of aryl methyl sites for hydroxylation is 2. The number of aliphatic hydroxyl groups excluding tert-OH is 2. The van der Waals surface area contributed by atoms with Gasteiger partial charge >= 0.3 is 0 Å². The number of carbonyl (C=O) groups excluding carboxylic acids is 2. The Hall–Kier alpha value is -9.28. The summed E-state index contributed by atoms with van der Waals surface area (Å²) in [6.07, 6.45) is 12.4. The van der Waals surface area contributed by atoms with E-state index < -0.39 is 5.54 Å². The maximum absolute atomic E-state index is 12.8. The molecule has 0 aliphatic heterocycles. The Morgan fingerprint density at radius 1 is 0.651 bits per heavy atom. The highest BCUT2D eigenvalue weighted by Gasteiger charge is 2.27. The summed E-state index contributed by atoms with van der Waals surface area (Å²) in [5, 5.41) is 29.6. The van der Waals surface area contributed by atoms with Crippen LogP contribution in [0.4, 0.5) is 23.3 Å². The molecule has 22 nitrogen and oxygen atoms in total. The van der Waals surface area contributed by atoms with Gasteiger partial charge in [0, 0.05) is 62.1 Å². The molecular formula is C61H66N12O10. The molecule has 12 rings (SSSR count). The number of anilines is 4. The Morgan fingerprint density at radius 3 is 1.58 bits per heavy atom. The molecule has 2 saturated carbocycles. The number of ether oxygens (including phenoxy) is 4. The van der Waals surface area contributed by atoms with E-state index in [4.69, 9.17) is 47.7 Å². The Bertz CT molecular complexity index is 4000.